The van der Waals surface area contributed by atoms with Gasteiger partial charge in [0.2, 0.25) is 0 Å². The topological polar surface area (TPSA) is 12.0 Å². The third-order valence-corrected chi connectivity index (χ3v) is 4.95. The number of thiophene rings is 1. The predicted molar refractivity (Wildman–Crippen MR) is 61.7 cm³/mol. The molecule has 0 unspecified atom stereocenters. The van der Waals surface area contributed by atoms with Crippen LogP contribution in [0.15, 0.2) is 5.38 Å². The molecule has 0 atom stereocenters. The molecule has 1 saturated heterocycles. The zero-order chi connectivity index (χ0) is 9.26. The van der Waals surface area contributed by atoms with Gasteiger partial charge in [-0.2, -0.15) is 11.8 Å². The first-order valence-corrected chi connectivity index (χ1v) is 6.65. The lowest BCUT2D eigenvalue weighted by atomic mass is 10.2. The smallest absolute Gasteiger partial charge is 0.0252 e. The second kappa shape index (κ2) is 4.03. The minimum absolute atomic E-state index is 0.768. The van der Waals surface area contributed by atoms with Gasteiger partial charge >= 0.3 is 0 Å². The van der Waals surface area contributed by atoms with Gasteiger partial charge in [-0.25, -0.2) is 0 Å². The summed E-state index contributed by atoms with van der Waals surface area (Å²) in [4.78, 5) is 1.46. The van der Waals surface area contributed by atoms with Crippen LogP contribution in [0.5, 0.6) is 0 Å². The Morgan fingerprint density at radius 1 is 1.46 bits per heavy atom. The van der Waals surface area contributed by atoms with Gasteiger partial charge in [-0.3, -0.25) is 0 Å². The van der Waals surface area contributed by atoms with Crippen LogP contribution >= 0.6 is 23.1 Å². The largest absolute Gasteiger partial charge is 0.308 e. The van der Waals surface area contributed by atoms with Crippen LogP contribution < -0.4 is 5.32 Å². The van der Waals surface area contributed by atoms with E-state index in [1.807, 2.05) is 23.1 Å². The summed E-state index contributed by atoms with van der Waals surface area (Å²) in [6, 6.07) is 0.768. The molecule has 0 bridgehead atoms. The summed E-state index contributed by atoms with van der Waals surface area (Å²) >= 11 is 3.89. The van der Waals surface area contributed by atoms with Crippen molar-refractivity contribution in [2.24, 2.45) is 0 Å². The number of hydrogen-bond donors (Lipinski definition) is 1. The average molecular weight is 213 g/mol. The second-order valence-corrected chi connectivity index (χ2v) is 5.72. The van der Waals surface area contributed by atoms with Crippen molar-refractivity contribution in [3.63, 3.8) is 0 Å². The molecule has 1 aromatic rings. The van der Waals surface area contributed by atoms with Gasteiger partial charge in [0.05, 0.1) is 0 Å². The molecule has 2 heterocycles. The van der Waals surface area contributed by atoms with Crippen molar-refractivity contribution in [3.05, 3.63) is 21.4 Å². The molecule has 0 saturated carbocycles. The maximum absolute atomic E-state index is 3.58. The van der Waals surface area contributed by atoms with Gasteiger partial charge in [-0.05, 0) is 30.4 Å². The lowest BCUT2D eigenvalue weighted by molar-refractivity contribution is 0.582. The summed E-state index contributed by atoms with van der Waals surface area (Å²) in [5.74, 6) is 2.59. The van der Waals surface area contributed by atoms with Crippen molar-refractivity contribution in [1.82, 2.24) is 5.32 Å². The Hall–Kier alpha value is 0.01000. The van der Waals surface area contributed by atoms with E-state index < -0.39 is 0 Å². The van der Waals surface area contributed by atoms with Crippen LogP contribution in [0.4, 0.5) is 0 Å². The highest BCUT2D eigenvalue weighted by atomic mass is 32.2. The summed E-state index contributed by atoms with van der Waals surface area (Å²) in [7, 11) is 0. The van der Waals surface area contributed by atoms with E-state index in [1.54, 1.807) is 0 Å². The molecule has 1 aliphatic heterocycles. The Balaban J connectivity index is 1.89. The fraction of sp³-hybridized carbons (Fsp3) is 0.600. The van der Waals surface area contributed by atoms with Crippen LogP contribution in [-0.4, -0.2) is 17.5 Å². The lowest BCUT2D eigenvalue weighted by Crippen LogP contribution is -2.39. The van der Waals surface area contributed by atoms with Crippen LogP contribution in [0.2, 0.25) is 0 Å². The van der Waals surface area contributed by atoms with Crippen LogP contribution in [0.3, 0.4) is 0 Å². The van der Waals surface area contributed by atoms with Crippen molar-refractivity contribution in [2.75, 3.05) is 11.5 Å². The van der Waals surface area contributed by atoms with E-state index in [0.29, 0.717) is 0 Å². The average Bonchev–Trinajstić information content (AvgIpc) is 2.33. The van der Waals surface area contributed by atoms with Gasteiger partial charge in [-0.15, -0.1) is 11.3 Å². The molecular weight excluding hydrogens is 198 g/mol. The third kappa shape index (κ3) is 2.09. The highest BCUT2D eigenvalue weighted by Gasteiger charge is 2.17. The van der Waals surface area contributed by atoms with Gasteiger partial charge in [-0.1, -0.05) is 0 Å². The van der Waals surface area contributed by atoms with E-state index in [4.69, 9.17) is 0 Å². The van der Waals surface area contributed by atoms with Gasteiger partial charge in [0.25, 0.3) is 0 Å². The molecule has 1 aromatic heterocycles. The number of thioether (sulfide) groups is 1. The highest BCUT2D eigenvalue weighted by Crippen LogP contribution is 2.22. The van der Waals surface area contributed by atoms with Crippen molar-refractivity contribution in [2.45, 2.75) is 26.4 Å². The minimum Gasteiger partial charge on any atom is -0.308 e. The molecular formula is C10H15NS2. The third-order valence-electron chi connectivity index (χ3n) is 2.61. The highest BCUT2D eigenvalue weighted by molar-refractivity contribution is 8.00. The number of rotatable bonds is 3. The quantitative estimate of drug-likeness (QED) is 0.828. The van der Waals surface area contributed by atoms with E-state index >= 15 is 0 Å². The van der Waals surface area contributed by atoms with Crippen LogP contribution in [-0.2, 0) is 6.54 Å². The zero-order valence-electron chi connectivity index (χ0n) is 8.09. The van der Waals surface area contributed by atoms with E-state index in [1.165, 1.54) is 27.5 Å². The fourth-order valence-corrected chi connectivity index (χ4v) is 2.94. The first kappa shape index (κ1) is 9.56. The van der Waals surface area contributed by atoms with Crippen LogP contribution in [0.25, 0.3) is 0 Å². The maximum Gasteiger partial charge on any atom is 0.0252 e. The standard InChI is InChI=1S/C10H15NS2/c1-7-8(2)13-4-9(7)3-11-10-5-12-6-10/h4,10-11H,3,5-6H2,1-2H3. The number of aryl methyl sites for hydroxylation is 1. The molecule has 0 radical (unpaired) electrons. The van der Waals surface area contributed by atoms with Crippen molar-refractivity contribution >= 4 is 23.1 Å². The fourth-order valence-electron chi connectivity index (χ4n) is 1.34. The first-order chi connectivity index (χ1) is 6.27. The van der Waals surface area contributed by atoms with Crippen molar-refractivity contribution in [3.8, 4) is 0 Å². The number of hydrogen-bond acceptors (Lipinski definition) is 3. The normalized spacial score (nSPS) is 17.4. The molecule has 0 aliphatic carbocycles. The Kier molecular flexibility index (Phi) is 2.96. The molecule has 13 heavy (non-hydrogen) atoms. The second-order valence-electron chi connectivity index (χ2n) is 3.56. The van der Waals surface area contributed by atoms with Gasteiger partial charge in [0, 0.05) is 29.0 Å². The van der Waals surface area contributed by atoms with Crippen LogP contribution in [0.1, 0.15) is 16.0 Å². The molecule has 72 valence electrons. The van der Waals surface area contributed by atoms with Gasteiger partial charge in [0.1, 0.15) is 0 Å². The van der Waals surface area contributed by atoms with E-state index in [9.17, 15) is 0 Å². The molecule has 1 nitrogen and oxygen atoms in total. The Morgan fingerprint density at radius 3 is 2.69 bits per heavy atom. The van der Waals surface area contributed by atoms with E-state index in [2.05, 4.69) is 24.5 Å². The van der Waals surface area contributed by atoms with Crippen LogP contribution in [0, 0.1) is 13.8 Å². The Morgan fingerprint density at radius 2 is 2.23 bits per heavy atom. The summed E-state index contributed by atoms with van der Waals surface area (Å²) in [5.41, 5.74) is 2.96. The number of nitrogens with one attached hydrogen (secondary N) is 1. The van der Waals surface area contributed by atoms with E-state index in [0.717, 1.165) is 12.6 Å². The summed E-state index contributed by atoms with van der Waals surface area (Å²) in [6.45, 7) is 5.47. The summed E-state index contributed by atoms with van der Waals surface area (Å²) < 4.78 is 0. The summed E-state index contributed by atoms with van der Waals surface area (Å²) in [6.07, 6.45) is 0. The van der Waals surface area contributed by atoms with Gasteiger partial charge in [0.15, 0.2) is 0 Å². The molecule has 1 fully saturated rings. The van der Waals surface area contributed by atoms with Crippen molar-refractivity contribution < 1.29 is 0 Å². The SMILES string of the molecule is Cc1scc(CNC2CSC2)c1C. The molecule has 1 aliphatic rings. The maximum atomic E-state index is 3.58. The Bertz CT molecular complexity index is 289. The monoisotopic (exact) mass is 213 g/mol. The Labute approximate surface area is 87.9 Å². The van der Waals surface area contributed by atoms with E-state index in [-0.39, 0.29) is 0 Å². The lowest BCUT2D eigenvalue weighted by Gasteiger charge is -2.26. The molecule has 0 spiro atoms. The molecule has 3 heteroatoms. The summed E-state index contributed by atoms with van der Waals surface area (Å²) in [5, 5.41) is 5.86. The molecule has 0 amide bonds. The molecule has 2 rings (SSSR count). The van der Waals surface area contributed by atoms with Crippen molar-refractivity contribution in [1.29, 1.82) is 0 Å². The molecule has 0 aromatic carbocycles. The minimum atomic E-state index is 0.768. The predicted octanol–water partition coefficient (Wildman–Crippen LogP) is 2.57. The van der Waals surface area contributed by atoms with Gasteiger partial charge < -0.3 is 5.32 Å². The first-order valence-electron chi connectivity index (χ1n) is 4.62. The molecule has 1 N–H and O–H groups in total. The zero-order valence-corrected chi connectivity index (χ0v) is 9.73.